The molecule has 0 saturated carbocycles. The molecule has 3 aromatic rings. The largest absolute Gasteiger partial charge is 0.457 e. The molecule has 42 heavy (non-hydrogen) atoms. The Bertz CT molecular complexity index is 1780. The molecule has 0 radical (unpaired) electrons. The summed E-state index contributed by atoms with van der Waals surface area (Å²) >= 11 is 0. The van der Waals surface area contributed by atoms with E-state index in [1.165, 1.54) is 24.3 Å². The molecule has 0 aliphatic carbocycles. The third kappa shape index (κ3) is 6.90. The van der Waals surface area contributed by atoms with E-state index in [4.69, 9.17) is 9.47 Å². The standard InChI is InChI=1S/C27H9F9N4O2/c28-25(29,30)16-2-1-3-19(5-16)41-23-8-22(15(12-39)13-40)24(9-21(23)14(10-37)11-38)42-20-6-17(26(31,32)33)4-18(7-20)27(34,35)36/h1-9H. The zero-order valence-corrected chi connectivity index (χ0v) is 20.2. The van der Waals surface area contributed by atoms with E-state index in [1.54, 1.807) is 0 Å². The van der Waals surface area contributed by atoms with Gasteiger partial charge in [-0.15, -0.1) is 0 Å². The fraction of sp³-hybridized carbons (Fsp3) is 0.111. The van der Waals surface area contributed by atoms with Gasteiger partial charge in [0.05, 0.1) is 16.7 Å². The molecule has 3 aromatic carbocycles. The smallest absolute Gasteiger partial charge is 0.416 e. The normalized spacial score (nSPS) is 11.4. The van der Waals surface area contributed by atoms with Gasteiger partial charge in [0, 0.05) is 10.4 Å². The van der Waals surface area contributed by atoms with E-state index < -0.39 is 79.8 Å². The quantitative estimate of drug-likeness (QED) is 0.311. The van der Waals surface area contributed by atoms with E-state index in [-0.39, 0.29) is 18.2 Å². The Hall–Kier alpha value is -5.67. The van der Waals surface area contributed by atoms with Crippen LogP contribution in [0.5, 0.6) is 23.0 Å². The summed E-state index contributed by atoms with van der Waals surface area (Å²) in [5, 5.41) is 36.5. The van der Waals surface area contributed by atoms with E-state index in [9.17, 15) is 60.6 Å². The summed E-state index contributed by atoms with van der Waals surface area (Å²) in [6, 6.07) is 10.8. The van der Waals surface area contributed by atoms with Crippen LogP contribution in [0.1, 0.15) is 16.7 Å². The van der Waals surface area contributed by atoms with E-state index in [2.05, 4.69) is 0 Å². The molecule has 0 N–H and O–H groups in total. The third-order valence-corrected chi connectivity index (χ3v) is 5.25. The Kier molecular flexibility index (Phi) is 8.41. The van der Waals surface area contributed by atoms with Crippen LogP contribution < -0.4 is 19.9 Å². The summed E-state index contributed by atoms with van der Waals surface area (Å²) in [6.45, 7) is 0. The van der Waals surface area contributed by atoms with Gasteiger partial charge in [-0.25, -0.2) is 0 Å². The van der Waals surface area contributed by atoms with Crippen molar-refractivity contribution < 1.29 is 49.0 Å². The van der Waals surface area contributed by atoms with Crippen molar-refractivity contribution in [2.24, 2.45) is 0 Å². The highest BCUT2D eigenvalue weighted by Crippen LogP contribution is 2.39. The highest BCUT2D eigenvalue weighted by Gasteiger charge is 2.37. The van der Waals surface area contributed by atoms with E-state index >= 15 is 0 Å². The Morgan fingerprint density at radius 3 is 1.26 bits per heavy atom. The van der Waals surface area contributed by atoms with Crippen LogP contribution >= 0.6 is 0 Å². The van der Waals surface area contributed by atoms with Crippen LogP contribution in [0.15, 0.2) is 54.6 Å². The second kappa shape index (κ2) is 11.4. The number of nitriles is 4. The lowest BCUT2D eigenvalue weighted by molar-refractivity contribution is -0.143. The number of rotatable bonds is 4. The molecule has 0 aromatic heterocycles. The molecule has 6 nitrogen and oxygen atoms in total. The molecule has 212 valence electrons. The maximum atomic E-state index is 13.3. The van der Waals surface area contributed by atoms with Gasteiger partial charge in [0.1, 0.15) is 58.4 Å². The van der Waals surface area contributed by atoms with Crippen molar-refractivity contribution in [2.45, 2.75) is 18.5 Å². The number of hydrogen-bond donors (Lipinski definition) is 0. The van der Waals surface area contributed by atoms with Crippen LogP contribution in [0.25, 0.3) is 11.1 Å². The predicted molar refractivity (Wildman–Crippen MR) is 123 cm³/mol. The zero-order valence-electron chi connectivity index (χ0n) is 20.2. The third-order valence-electron chi connectivity index (χ3n) is 5.25. The van der Waals surface area contributed by atoms with Crippen LogP contribution in [0, 0.1) is 45.3 Å². The molecular weight excluding hydrogens is 583 g/mol. The van der Waals surface area contributed by atoms with Crippen LogP contribution in [0.4, 0.5) is 39.5 Å². The number of halogens is 9. The highest BCUT2D eigenvalue weighted by atomic mass is 19.4. The number of benzene rings is 3. The molecule has 0 heterocycles. The molecule has 3 rings (SSSR count). The number of ether oxygens (including phenoxy) is 2. The summed E-state index contributed by atoms with van der Waals surface area (Å²) in [5.74, 6) is -2.86. The summed E-state index contributed by atoms with van der Waals surface area (Å²) < 4.78 is 130. The van der Waals surface area contributed by atoms with E-state index in [0.717, 1.165) is 18.2 Å². The van der Waals surface area contributed by atoms with Crippen LogP contribution in [-0.2, 0) is 18.5 Å². The van der Waals surface area contributed by atoms with Crippen LogP contribution in [0.2, 0.25) is 0 Å². The molecule has 0 saturated heterocycles. The van der Waals surface area contributed by atoms with Crippen molar-refractivity contribution in [1.29, 1.82) is 21.0 Å². The van der Waals surface area contributed by atoms with Crippen molar-refractivity contribution in [3.63, 3.8) is 0 Å². The van der Waals surface area contributed by atoms with Gasteiger partial charge in [-0.1, -0.05) is 6.07 Å². The molecule has 0 atom stereocenters. The molecule has 0 amide bonds. The molecule has 0 spiro atoms. The fourth-order valence-electron chi connectivity index (χ4n) is 3.39. The average molecular weight is 592 g/mol. The van der Waals surface area contributed by atoms with Gasteiger partial charge in [0.2, 0.25) is 0 Å². The van der Waals surface area contributed by atoms with Crippen molar-refractivity contribution in [2.75, 3.05) is 0 Å². The summed E-state index contributed by atoms with van der Waals surface area (Å²) in [6.07, 6.45) is -15.3. The molecule has 0 bridgehead atoms. The zero-order chi connectivity index (χ0) is 31.5. The second-order valence-corrected chi connectivity index (χ2v) is 8.01. The van der Waals surface area contributed by atoms with Crippen molar-refractivity contribution >= 4 is 11.1 Å². The fourth-order valence-corrected chi connectivity index (χ4v) is 3.39. The molecule has 0 fully saturated rings. The second-order valence-electron chi connectivity index (χ2n) is 8.01. The number of hydrogen-bond acceptors (Lipinski definition) is 6. The Balaban J connectivity index is 2.37. The van der Waals surface area contributed by atoms with Crippen molar-refractivity contribution in [3.8, 4) is 47.3 Å². The maximum Gasteiger partial charge on any atom is 0.416 e. The van der Waals surface area contributed by atoms with E-state index in [0.29, 0.717) is 18.2 Å². The molecule has 0 aliphatic rings. The first-order valence-corrected chi connectivity index (χ1v) is 10.9. The first-order valence-electron chi connectivity index (χ1n) is 10.9. The lowest BCUT2D eigenvalue weighted by atomic mass is 10.1. The van der Waals surface area contributed by atoms with E-state index in [1.807, 2.05) is 0 Å². The average Bonchev–Trinajstić information content (AvgIpc) is 2.90. The molecule has 0 unspecified atom stereocenters. The van der Waals surface area contributed by atoms with Crippen LogP contribution in [-0.4, -0.2) is 0 Å². The minimum absolute atomic E-state index is 0.176. The van der Waals surface area contributed by atoms with Gasteiger partial charge in [-0.3, -0.25) is 0 Å². The number of alkyl halides is 9. The number of nitrogens with zero attached hydrogens (tertiary/aromatic N) is 4. The SMILES string of the molecule is N#CC(C#N)=c1cc(Oc2cc(C(F)(F)F)cc(C(F)(F)F)c2)c(=C(C#N)C#N)cc1Oc1cccc(C(F)(F)F)c1. The molecule has 0 aliphatic heterocycles. The topological polar surface area (TPSA) is 114 Å². The minimum atomic E-state index is -5.25. The summed E-state index contributed by atoms with van der Waals surface area (Å²) in [7, 11) is 0. The molecular formula is C27H9F9N4O2. The lowest BCUT2D eigenvalue weighted by Gasteiger charge is -2.16. The van der Waals surface area contributed by atoms with Gasteiger partial charge in [0.15, 0.2) is 0 Å². The summed E-state index contributed by atoms with van der Waals surface area (Å²) in [4.78, 5) is 0. The first kappa shape index (κ1) is 30.9. The minimum Gasteiger partial charge on any atom is -0.457 e. The highest BCUT2D eigenvalue weighted by molar-refractivity contribution is 5.77. The monoisotopic (exact) mass is 592 g/mol. The van der Waals surface area contributed by atoms with Crippen LogP contribution in [0.3, 0.4) is 0 Å². The Morgan fingerprint density at radius 1 is 0.500 bits per heavy atom. The van der Waals surface area contributed by atoms with Gasteiger partial charge >= 0.3 is 18.5 Å². The predicted octanol–water partition coefficient (Wildman–Crippen LogP) is 6.72. The van der Waals surface area contributed by atoms with Gasteiger partial charge in [-0.05, 0) is 48.5 Å². The van der Waals surface area contributed by atoms with Gasteiger partial charge in [0.25, 0.3) is 0 Å². The lowest BCUT2D eigenvalue weighted by Crippen LogP contribution is -2.19. The summed E-state index contributed by atoms with van der Waals surface area (Å²) in [5.41, 5.74) is -6.26. The maximum absolute atomic E-state index is 13.3. The molecule has 15 heteroatoms. The van der Waals surface area contributed by atoms with Crippen molar-refractivity contribution in [1.82, 2.24) is 0 Å². The Morgan fingerprint density at radius 2 is 0.881 bits per heavy atom. The van der Waals surface area contributed by atoms with Crippen molar-refractivity contribution in [3.05, 3.63) is 81.7 Å². The Labute approximate surface area is 229 Å². The van der Waals surface area contributed by atoms with Gasteiger partial charge < -0.3 is 9.47 Å². The first-order chi connectivity index (χ1) is 19.5. The van der Waals surface area contributed by atoms with Gasteiger partial charge in [-0.2, -0.15) is 60.6 Å².